The lowest BCUT2D eigenvalue weighted by Crippen LogP contribution is -2.50. The van der Waals surface area contributed by atoms with Crippen LogP contribution in [-0.4, -0.2) is 64.4 Å². The van der Waals surface area contributed by atoms with Gasteiger partial charge in [-0.1, -0.05) is 0 Å². The molecule has 0 bridgehead atoms. The van der Waals surface area contributed by atoms with Gasteiger partial charge in [0.15, 0.2) is 0 Å². The van der Waals surface area contributed by atoms with E-state index in [9.17, 15) is 4.79 Å². The SMILES string of the molecule is CN1C(=O)CCCC1CN1CCC(Nc2ccncn2)CC1. The molecule has 6 heteroatoms. The number of aromatic nitrogens is 2. The quantitative estimate of drug-likeness (QED) is 0.910. The predicted octanol–water partition coefficient (Wildman–Crippen LogP) is 1.36. The summed E-state index contributed by atoms with van der Waals surface area (Å²) in [5.74, 6) is 1.21. The lowest BCUT2D eigenvalue weighted by atomic mass is 9.99. The van der Waals surface area contributed by atoms with E-state index < -0.39 is 0 Å². The number of likely N-dealkylation sites (N-methyl/N-ethyl adjacent to an activating group) is 1. The van der Waals surface area contributed by atoms with Gasteiger partial charge < -0.3 is 15.1 Å². The molecular weight excluding hydrogens is 278 g/mol. The molecule has 0 aliphatic carbocycles. The zero-order valence-corrected chi connectivity index (χ0v) is 13.2. The number of piperidine rings is 2. The first-order valence-electron chi connectivity index (χ1n) is 8.23. The molecule has 1 N–H and O–H groups in total. The Balaban J connectivity index is 1.44. The monoisotopic (exact) mass is 303 g/mol. The average molecular weight is 303 g/mol. The maximum atomic E-state index is 11.8. The summed E-state index contributed by atoms with van der Waals surface area (Å²) in [5, 5.41) is 3.48. The second-order valence-corrected chi connectivity index (χ2v) is 6.36. The van der Waals surface area contributed by atoms with Gasteiger partial charge in [-0.25, -0.2) is 9.97 Å². The topological polar surface area (TPSA) is 61.4 Å². The minimum Gasteiger partial charge on any atom is -0.367 e. The Hall–Kier alpha value is -1.69. The van der Waals surface area contributed by atoms with Crippen molar-refractivity contribution in [2.45, 2.75) is 44.2 Å². The zero-order chi connectivity index (χ0) is 15.4. The minimum absolute atomic E-state index is 0.302. The van der Waals surface area contributed by atoms with Crippen molar-refractivity contribution in [3.8, 4) is 0 Å². The maximum Gasteiger partial charge on any atom is 0.222 e. The molecule has 1 amide bonds. The van der Waals surface area contributed by atoms with Gasteiger partial charge in [0.25, 0.3) is 0 Å². The van der Waals surface area contributed by atoms with Crippen LogP contribution in [0.25, 0.3) is 0 Å². The van der Waals surface area contributed by atoms with Crippen LogP contribution in [0.4, 0.5) is 5.82 Å². The van der Waals surface area contributed by atoms with E-state index in [1.807, 2.05) is 18.0 Å². The highest BCUT2D eigenvalue weighted by Gasteiger charge is 2.28. The van der Waals surface area contributed by atoms with E-state index in [-0.39, 0.29) is 0 Å². The molecule has 120 valence electrons. The first kappa shape index (κ1) is 15.2. The number of hydrogen-bond acceptors (Lipinski definition) is 5. The molecule has 1 atom stereocenters. The molecular formula is C16H25N5O. The number of carbonyl (C=O) groups is 1. The van der Waals surface area contributed by atoms with Gasteiger partial charge in [-0.3, -0.25) is 4.79 Å². The van der Waals surface area contributed by atoms with Crippen LogP contribution in [0.2, 0.25) is 0 Å². The van der Waals surface area contributed by atoms with Crippen LogP contribution in [0.5, 0.6) is 0 Å². The standard InChI is InChI=1S/C16H25N5O/c1-20-14(3-2-4-16(20)22)11-21-9-6-13(7-10-21)19-15-5-8-17-12-18-15/h5,8,12-14H,2-4,6-7,9-11H2,1H3,(H,17,18,19). The number of carbonyl (C=O) groups excluding carboxylic acids is 1. The highest BCUT2D eigenvalue weighted by atomic mass is 16.2. The van der Waals surface area contributed by atoms with Crippen LogP contribution in [0, 0.1) is 0 Å². The Kier molecular flexibility index (Phi) is 4.87. The number of nitrogens with zero attached hydrogens (tertiary/aromatic N) is 4. The average Bonchev–Trinajstić information content (AvgIpc) is 2.55. The van der Waals surface area contributed by atoms with Crippen molar-refractivity contribution in [2.75, 3.05) is 32.0 Å². The van der Waals surface area contributed by atoms with Crippen molar-refractivity contribution in [1.29, 1.82) is 0 Å². The second-order valence-electron chi connectivity index (χ2n) is 6.36. The molecule has 0 radical (unpaired) electrons. The number of rotatable bonds is 4. The Labute approximate surface area is 131 Å². The van der Waals surface area contributed by atoms with E-state index >= 15 is 0 Å². The van der Waals surface area contributed by atoms with E-state index in [4.69, 9.17) is 0 Å². The highest BCUT2D eigenvalue weighted by Crippen LogP contribution is 2.20. The van der Waals surface area contributed by atoms with Gasteiger partial charge in [-0.2, -0.15) is 0 Å². The van der Waals surface area contributed by atoms with Crippen LogP contribution in [0.3, 0.4) is 0 Å². The molecule has 2 fully saturated rings. The van der Waals surface area contributed by atoms with Gasteiger partial charge in [0.2, 0.25) is 5.91 Å². The van der Waals surface area contributed by atoms with Crippen LogP contribution in [-0.2, 0) is 4.79 Å². The van der Waals surface area contributed by atoms with Crippen LogP contribution in [0.15, 0.2) is 18.6 Å². The van der Waals surface area contributed by atoms with E-state index in [0.717, 1.165) is 57.6 Å². The molecule has 2 aliphatic rings. The van der Waals surface area contributed by atoms with E-state index in [0.29, 0.717) is 18.0 Å². The van der Waals surface area contributed by atoms with Gasteiger partial charge in [0, 0.05) is 51.4 Å². The molecule has 6 nitrogen and oxygen atoms in total. The first-order chi connectivity index (χ1) is 10.7. The fourth-order valence-electron chi connectivity index (χ4n) is 3.42. The van der Waals surface area contributed by atoms with E-state index in [2.05, 4.69) is 20.2 Å². The molecule has 1 aromatic rings. The molecule has 0 aromatic carbocycles. The molecule has 1 aromatic heterocycles. The molecule has 0 saturated carbocycles. The minimum atomic E-state index is 0.302. The van der Waals surface area contributed by atoms with Crippen LogP contribution < -0.4 is 5.32 Å². The van der Waals surface area contributed by atoms with Gasteiger partial charge in [-0.05, 0) is 31.7 Å². The molecule has 1 unspecified atom stereocenters. The third kappa shape index (κ3) is 3.74. The molecule has 3 rings (SSSR count). The summed E-state index contributed by atoms with van der Waals surface area (Å²) in [4.78, 5) is 24.4. The molecule has 2 saturated heterocycles. The van der Waals surface area contributed by atoms with Crippen molar-refractivity contribution in [3.63, 3.8) is 0 Å². The van der Waals surface area contributed by atoms with Gasteiger partial charge in [0.05, 0.1) is 0 Å². The van der Waals surface area contributed by atoms with Crippen molar-refractivity contribution in [2.24, 2.45) is 0 Å². The Bertz CT molecular complexity index is 487. The molecule has 22 heavy (non-hydrogen) atoms. The summed E-state index contributed by atoms with van der Waals surface area (Å²) >= 11 is 0. The van der Waals surface area contributed by atoms with Crippen LogP contribution >= 0.6 is 0 Å². The van der Waals surface area contributed by atoms with Crippen molar-refractivity contribution in [1.82, 2.24) is 19.8 Å². The number of hydrogen-bond donors (Lipinski definition) is 1. The predicted molar refractivity (Wildman–Crippen MR) is 85.5 cm³/mol. The van der Waals surface area contributed by atoms with Crippen molar-refractivity contribution < 1.29 is 4.79 Å². The summed E-state index contributed by atoms with van der Waals surface area (Å²) in [7, 11) is 1.95. The summed E-state index contributed by atoms with van der Waals surface area (Å²) in [6.07, 6.45) is 8.48. The lowest BCUT2D eigenvalue weighted by Gasteiger charge is -2.39. The summed E-state index contributed by atoms with van der Waals surface area (Å²) in [6.45, 7) is 3.19. The summed E-state index contributed by atoms with van der Waals surface area (Å²) < 4.78 is 0. The summed E-state index contributed by atoms with van der Waals surface area (Å²) in [6, 6.07) is 2.79. The number of anilines is 1. The molecule has 0 spiro atoms. The van der Waals surface area contributed by atoms with Gasteiger partial charge in [-0.15, -0.1) is 0 Å². The van der Waals surface area contributed by atoms with Crippen LogP contribution in [0.1, 0.15) is 32.1 Å². The number of nitrogens with one attached hydrogen (secondary N) is 1. The fourth-order valence-corrected chi connectivity index (χ4v) is 3.42. The number of likely N-dealkylation sites (tertiary alicyclic amines) is 2. The largest absolute Gasteiger partial charge is 0.367 e. The third-order valence-electron chi connectivity index (χ3n) is 4.86. The van der Waals surface area contributed by atoms with Gasteiger partial charge in [0.1, 0.15) is 12.1 Å². The first-order valence-corrected chi connectivity index (χ1v) is 8.23. The van der Waals surface area contributed by atoms with E-state index in [1.54, 1.807) is 12.5 Å². The molecule has 2 aliphatic heterocycles. The Morgan fingerprint density at radius 2 is 2.14 bits per heavy atom. The Morgan fingerprint density at radius 3 is 2.86 bits per heavy atom. The normalized spacial score (nSPS) is 24.5. The molecule has 3 heterocycles. The summed E-state index contributed by atoms with van der Waals surface area (Å²) in [5.41, 5.74) is 0. The van der Waals surface area contributed by atoms with Crippen molar-refractivity contribution in [3.05, 3.63) is 18.6 Å². The van der Waals surface area contributed by atoms with E-state index in [1.165, 1.54) is 0 Å². The lowest BCUT2D eigenvalue weighted by molar-refractivity contribution is -0.135. The Morgan fingerprint density at radius 1 is 1.32 bits per heavy atom. The zero-order valence-electron chi connectivity index (χ0n) is 13.2. The highest BCUT2D eigenvalue weighted by molar-refractivity contribution is 5.76. The van der Waals surface area contributed by atoms with Crippen molar-refractivity contribution >= 4 is 11.7 Å². The maximum absolute atomic E-state index is 11.8. The third-order valence-corrected chi connectivity index (χ3v) is 4.86. The van der Waals surface area contributed by atoms with Gasteiger partial charge >= 0.3 is 0 Å². The smallest absolute Gasteiger partial charge is 0.222 e. The number of amides is 1. The second kappa shape index (κ2) is 7.05. The fraction of sp³-hybridized carbons (Fsp3) is 0.688.